The first kappa shape index (κ1) is 16.3. The largest absolute Gasteiger partial charge is 0.481 e. The van der Waals surface area contributed by atoms with E-state index in [0.717, 1.165) is 19.3 Å². The van der Waals surface area contributed by atoms with Crippen LogP contribution >= 0.6 is 0 Å². The van der Waals surface area contributed by atoms with Gasteiger partial charge in [-0.25, -0.2) is 0 Å². The second-order valence-electron chi connectivity index (χ2n) is 7.93. The number of hydrogen-bond acceptors (Lipinski definition) is 3. The van der Waals surface area contributed by atoms with Gasteiger partial charge in [0.2, 0.25) is 5.91 Å². The van der Waals surface area contributed by atoms with Gasteiger partial charge in [-0.15, -0.1) is 0 Å². The smallest absolute Gasteiger partial charge is 0.308 e. The Balaban J connectivity index is 2.02. The van der Waals surface area contributed by atoms with Crippen LogP contribution in [0.2, 0.25) is 0 Å². The number of fused-ring (bicyclic) bond motifs is 2. The Morgan fingerprint density at radius 2 is 1.90 bits per heavy atom. The summed E-state index contributed by atoms with van der Waals surface area (Å²) in [6.07, 6.45) is 3.67. The standard InChI is InChI=1S/C16H28N2O3/c1-16(2,3)7-11(8-17)14(19)18-13-10-5-4-9(6-10)12(13)15(20)21/h9-13H,4-8,17H2,1-3H3,(H,18,19)(H,20,21). The predicted molar refractivity (Wildman–Crippen MR) is 80.5 cm³/mol. The van der Waals surface area contributed by atoms with Crippen molar-refractivity contribution >= 4 is 11.9 Å². The Labute approximate surface area is 126 Å². The molecule has 0 spiro atoms. The lowest BCUT2D eigenvalue weighted by molar-refractivity contribution is -0.145. The maximum absolute atomic E-state index is 12.5. The van der Waals surface area contributed by atoms with Gasteiger partial charge in [0.25, 0.3) is 0 Å². The lowest BCUT2D eigenvalue weighted by Gasteiger charge is -2.31. The fourth-order valence-electron chi connectivity index (χ4n) is 4.16. The zero-order chi connectivity index (χ0) is 15.8. The van der Waals surface area contributed by atoms with Crippen molar-refractivity contribution in [1.82, 2.24) is 5.32 Å². The number of hydrogen-bond donors (Lipinski definition) is 3. The highest BCUT2D eigenvalue weighted by Gasteiger charge is 2.51. The van der Waals surface area contributed by atoms with E-state index in [1.807, 2.05) is 0 Å². The summed E-state index contributed by atoms with van der Waals surface area (Å²) < 4.78 is 0. The van der Waals surface area contributed by atoms with E-state index in [1.54, 1.807) is 0 Å². The highest BCUT2D eigenvalue weighted by Crippen LogP contribution is 2.48. The van der Waals surface area contributed by atoms with E-state index in [0.29, 0.717) is 18.9 Å². The molecule has 2 bridgehead atoms. The molecule has 5 unspecified atom stereocenters. The van der Waals surface area contributed by atoms with E-state index in [1.165, 1.54) is 0 Å². The van der Waals surface area contributed by atoms with Gasteiger partial charge in [0.05, 0.1) is 11.8 Å². The van der Waals surface area contributed by atoms with Crippen LogP contribution in [0, 0.1) is 29.1 Å². The van der Waals surface area contributed by atoms with Crippen LogP contribution < -0.4 is 11.1 Å². The molecular formula is C16H28N2O3. The number of carbonyl (C=O) groups is 2. The second-order valence-corrected chi connectivity index (χ2v) is 7.93. The van der Waals surface area contributed by atoms with Crippen molar-refractivity contribution < 1.29 is 14.7 Å². The molecule has 0 aromatic carbocycles. The van der Waals surface area contributed by atoms with E-state index in [4.69, 9.17) is 5.73 Å². The monoisotopic (exact) mass is 296 g/mol. The first-order valence-corrected chi connectivity index (χ1v) is 7.96. The Morgan fingerprint density at radius 3 is 2.43 bits per heavy atom. The SMILES string of the molecule is CC(C)(C)CC(CN)C(=O)NC1C2CCC(C2)C1C(=O)O. The summed E-state index contributed by atoms with van der Waals surface area (Å²) in [5, 5.41) is 12.4. The molecular weight excluding hydrogens is 268 g/mol. The number of nitrogens with two attached hydrogens (primary N) is 1. The summed E-state index contributed by atoms with van der Waals surface area (Å²) in [4.78, 5) is 23.9. The molecule has 2 aliphatic carbocycles. The minimum absolute atomic E-state index is 0.0300. The van der Waals surface area contributed by atoms with Gasteiger partial charge >= 0.3 is 5.97 Å². The number of rotatable bonds is 5. The van der Waals surface area contributed by atoms with E-state index < -0.39 is 11.9 Å². The highest BCUT2D eigenvalue weighted by molar-refractivity contribution is 5.81. The second kappa shape index (κ2) is 5.95. The number of carboxylic acids is 1. The summed E-state index contributed by atoms with van der Waals surface area (Å²) in [6.45, 7) is 6.56. The number of carbonyl (C=O) groups excluding carboxylic acids is 1. The summed E-state index contributed by atoms with van der Waals surface area (Å²) >= 11 is 0. The fraction of sp³-hybridized carbons (Fsp3) is 0.875. The van der Waals surface area contributed by atoms with Gasteiger partial charge in [-0.05, 0) is 42.9 Å². The average molecular weight is 296 g/mol. The zero-order valence-corrected chi connectivity index (χ0v) is 13.3. The molecule has 0 aromatic rings. The number of aliphatic carboxylic acids is 1. The van der Waals surface area contributed by atoms with Crippen molar-refractivity contribution in [1.29, 1.82) is 0 Å². The first-order chi connectivity index (χ1) is 9.73. The van der Waals surface area contributed by atoms with Crippen molar-refractivity contribution in [2.45, 2.75) is 52.5 Å². The molecule has 2 rings (SSSR count). The van der Waals surface area contributed by atoms with Crippen molar-refractivity contribution in [3.05, 3.63) is 0 Å². The van der Waals surface area contributed by atoms with Gasteiger partial charge in [0.15, 0.2) is 0 Å². The maximum Gasteiger partial charge on any atom is 0.308 e. The first-order valence-electron chi connectivity index (χ1n) is 7.96. The lowest BCUT2D eigenvalue weighted by Crippen LogP contribution is -2.50. The third kappa shape index (κ3) is 3.57. The lowest BCUT2D eigenvalue weighted by atomic mass is 9.82. The van der Waals surface area contributed by atoms with Crippen LogP contribution in [0.15, 0.2) is 0 Å². The molecule has 5 atom stereocenters. The van der Waals surface area contributed by atoms with Crippen LogP contribution in [0.4, 0.5) is 0 Å². The summed E-state index contributed by atoms with van der Waals surface area (Å²) in [5.41, 5.74) is 5.78. The highest BCUT2D eigenvalue weighted by atomic mass is 16.4. The third-order valence-corrected chi connectivity index (χ3v) is 5.02. The quantitative estimate of drug-likeness (QED) is 0.718. The minimum Gasteiger partial charge on any atom is -0.481 e. The van der Waals surface area contributed by atoms with Gasteiger partial charge in [-0.1, -0.05) is 20.8 Å². The summed E-state index contributed by atoms with van der Waals surface area (Å²) in [5.74, 6) is -0.937. The maximum atomic E-state index is 12.5. The molecule has 0 heterocycles. The molecule has 0 aromatic heterocycles. The van der Waals surface area contributed by atoms with Crippen molar-refractivity contribution in [2.24, 2.45) is 34.8 Å². The molecule has 21 heavy (non-hydrogen) atoms. The van der Waals surface area contributed by atoms with Crippen LogP contribution in [-0.2, 0) is 9.59 Å². The van der Waals surface area contributed by atoms with Crippen molar-refractivity contribution in [3.8, 4) is 0 Å². The van der Waals surface area contributed by atoms with Gasteiger partial charge < -0.3 is 16.2 Å². The van der Waals surface area contributed by atoms with E-state index in [9.17, 15) is 14.7 Å². The van der Waals surface area contributed by atoms with E-state index in [-0.39, 0.29) is 29.2 Å². The molecule has 0 radical (unpaired) electrons. The Morgan fingerprint density at radius 1 is 1.29 bits per heavy atom. The van der Waals surface area contributed by atoms with Crippen LogP contribution in [0.25, 0.3) is 0 Å². The molecule has 2 fully saturated rings. The molecule has 1 amide bonds. The van der Waals surface area contributed by atoms with Crippen LogP contribution in [0.3, 0.4) is 0 Å². The number of nitrogens with one attached hydrogen (secondary N) is 1. The van der Waals surface area contributed by atoms with Gasteiger partial charge in [-0.2, -0.15) is 0 Å². The van der Waals surface area contributed by atoms with Crippen LogP contribution in [-0.4, -0.2) is 29.6 Å². The summed E-state index contributed by atoms with van der Waals surface area (Å²) in [7, 11) is 0. The minimum atomic E-state index is -0.771. The molecule has 0 saturated heterocycles. The zero-order valence-electron chi connectivity index (χ0n) is 13.3. The van der Waals surface area contributed by atoms with Gasteiger partial charge in [0.1, 0.15) is 0 Å². The Hall–Kier alpha value is -1.10. The molecule has 2 aliphatic rings. The molecule has 4 N–H and O–H groups in total. The van der Waals surface area contributed by atoms with Gasteiger partial charge in [0, 0.05) is 12.6 Å². The van der Waals surface area contributed by atoms with Crippen LogP contribution in [0.1, 0.15) is 46.5 Å². The van der Waals surface area contributed by atoms with Crippen LogP contribution in [0.5, 0.6) is 0 Å². The fourth-order valence-corrected chi connectivity index (χ4v) is 4.16. The third-order valence-electron chi connectivity index (χ3n) is 5.02. The van der Waals surface area contributed by atoms with Gasteiger partial charge in [-0.3, -0.25) is 9.59 Å². The Kier molecular flexibility index (Phi) is 4.61. The van der Waals surface area contributed by atoms with E-state index in [2.05, 4.69) is 26.1 Å². The molecule has 5 heteroatoms. The average Bonchev–Trinajstić information content (AvgIpc) is 2.95. The van der Waals surface area contributed by atoms with Crippen molar-refractivity contribution in [3.63, 3.8) is 0 Å². The summed E-state index contributed by atoms with van der Waals surface area (Å²) in [6, 6.07) is -0.206. The topological polar surface area (TPSA) is 92.4 Å². The number of carboxylic acid groups (broad SMARTS) is 1. The number of amides is 1. The molecule has 0 aliphatic heterocycles. The Bertz CT molecular complexity index is 416. The predicted octanol–water partition coefficient (Wildman–Crippen LogP) is 1.61. The molecule has 2 saturated carbocycles. The normalized spacial score (nSPS) is 33.0. The van der Waals surface area contributed by atoms with Crippen molar-refractivity contribution in [2.75, 3.05) is 6.54 Å². The van der Waals surface area contributed by atoms with E-state index >= 15 is 0 Å². The molecule has 120 valence electrons. The molecule has 5 nitrogen and oxygen atoms in total.